The Morgan fingerprint density at radius 3 is 1.93 bits per heavy atom. The number of aromatic nitrogens is 7. The number of carbonyl (C=O) groups excluding carboxylic acids is 7. The third-order valence-electron chi connectivity index (χ3n) is 18.6. The van der Waals surface area contributed by atoms with E-state index in [9.17, 15) is 48.3 Å². The molecule has 0 spiro atoms. The van der Waals surface area contributed by atoms with Crippen LogP contribution in [0.15, 0.2) is 85.1 Å². The van der Waals surface area contributed by atoms with Gasteiger partial charge in [0.1, 0.15) is 24.4 Å². The minimum atomic E-state index is -1.22. The van der Waals surface area contributed by atoms with Crippen LogP contribution >= 0.6 is 22.7 Å². The van der Waals surface area contributed by atoms with Gasteiger partial charge in [0.25, 0.3) is 11.8 Å². The number of carboxylic acids is 2. The lowest BCUT2D eigenvalue weighted by Crippen LogP contribution is -2.54. The number of carbonyl (C=O) groups is 9. The SMILES string of the molecule is Cc1cc(N(CCCN(C)C)c2nc(C(=O)O)c(CCCOc3ccc(C#CCN(C)C(=O)OCc4ccc(NC(=O)[C@H](CCCNC(N)=O)NC(=O)[C@@H](NC(=O)CCOCCN5C(=O)C=CC5=O)C(C)C)cc4COCc4cn(CCOCCOCCOCCOCCOCCOCCOCCOCCC(=O)O)nn4)cc3F)s2)nnc1Nc1nc2ccccc2s1. The fourth-order valence-electron chi connectivity index (χ4n) is 11.9. The first-order valence-corrected chi connectivity index (χ1v) is 43.4. The van der Waals surface area contributed by atoms with Crippen LogP contribution in [0.4, 0.5) is 41.6 Å². The minimum Gasteiger partial charge on any atom is -0.491 e. The van der Waals surface area contributed by atoms with E-state index in [0.29, 0.717) is 169 Å². The first-order chi connectivity index (χ1) is 61.9. The van der Waals surface area contributed by atoms with E-state index >= 15 is 4.39 Å². The number of primary amides is 1. The number of nitrogens with zero attached hydrogens (tertiary/aromatic N) is 11. The number of halogens is 1. The number of imide groups is 1. The van der Waals surface area contributed by atoms with Gasteiger partial charge in [-0.3, -0.25) is 33.7 Å². The number of benzene rings is 3. The van der Waals surface area contributed by atoms with E-state index in [2.05, 4.69) is 73.8 Å². The molecule has 0 saturated heterocycles. The molecule has 3 aromatic carbocycles. The number of hydrogen-bond acceptors (Lipinski definition) is 32. The van der Waals surface area contributed by atoms with Gasteiger partial charge < -0.3 is 114 Å². The van der Waals surface area contributed by atoms with E-state index in [4.69, 9.17) is 67.7 Å². The largest absolute Gasteiger partial charge is 0.491 e. The van der Waals surface area contributed by atoms with Gasteiger partial charge in [-0.25, -0.2) is 33.4 Å². The molecule has 0 fully saturated rings. The number of aryl methyl sites for hydroxylation is 2. The molecule has 128 heavy (non-hydrogen) atoms. The Bertz CT molecular complexity index is 4740. The summed E-state index contributed by atoms with van der Waals surface area (Å²) in [4.78, 5) is 130. The molecule has 0 unspecified atom stereocenters. The predicted octanol–water partition coefficient (Wildman–Crippen LogP) is 6.41. The Morgan fingerprint density at radius 1 is 0.648 bits per heavy atom. The highest BCUT2D eigenvalue weighted by atomic mass is 32.1. The van der Waals surface area contributed by atoms with E-state index < -0.39 is 77.4 Å². The molecule has 1 aliphatic rings. The number of nitrogens with one attached hydrogen (secondary N) is 5. The van der Waals surface area contributed by atoms with E-state index in [1.165, 1.54) is 46.8 Å². The van der Waals surface area contributed by atoms with Crippen molar-refractivity contribution in [2.24, 2.45) is 11.7 Å². The topological polar surface area (TPSA) is 486 Å². The lowest BCUT2D eigenvalue weighted by molar-refractivity contribution is -0.139. The van der Waals surface area contributed by atoms with Crippen LogP contribution in [0.1, 0.15) is 95.7 Å². The van der Waals surface area contributed by atoms with Gasteiger partial charge in [-0.1, -0.05) is 60.4 Å². The smallest absolute Gasteiger partial charge is 0.410 e. The molecule has 5 heterocycles. The number of carboxylic acid groups (broad SMARTS) is 2. The second kappa shape index (κ2) is 56.7. The third-order valence-corrected chi connectivity index (χ3v) is 20.7. The van der Waals surface area contributed by atoms with Gasteiger partial charge in [0.2, 0.25) is 17.7 Å². The molecule has 8 amide bonds. The van der Waals surface area contributed by atoms with E-state index in [1.54, 1.807) is 49.0 Å². The highest BCUT2D eigenvalue weighted by Gasteiger charge is 2.31. The summed E-state index contributed by atoms with van der Waals surface area (Å²) in [5, 5.41) is 51.6. The zero-order valence-corrected chi connectivity index (χ0v) is 74.4. The number of aliphatic carboxylic acids is 1. The van der Waals surface area contributed by atoms with Gasteiger partial charge in [-0.05, 0) is 131 Å². The van der Waals surface area contributed by atoms with Crippen molar-refractivity contribution in [1.29, 1.82) is 0 Å². The van der Waals surface area contributed by atoms with Gasteiger partial charge >= 0.3 is 24.1 Å². The summed E-state index contributed by atoms with van der Waals surface area (Å²) >= 11 is 2.73. The molecule has 40 nitrogen and oxygen atoms in total. The second-order valence-corrected chi connectivity index (χ2v) is 31.4. The average Bonchev–Trinajstić information content (AvgIpc) is 1.64. The lowest BCUT2D eigenvalue weighted by atomic mass is 10.0. The molecule has 9 N–H and O–H groups in total. The Labute approximate surface area is 748 Å². The van der Waals surface area contributed by atoms with Gasteiger partial charge in [-0.15, -0.1) is 26.6 Å². The number of anilines is 5. The number of aromatic carboxylic acids is 1. The Morgan fingerprint density at radius 2 is 1.30 bits per heavy atom. The molecule has 7 aromatic rings. The summed E-state index contributed by atoms with van der Waals surface area (Å²) in [6.45, 7) is 12.0. The summed E-state index contributed by atoms with van der Waals surface area (Å²) < 4.78 is 85.5. The monoisotopic (exact) mass is 1820 g/mol. The first kappa shape index (κ1) is 102. The van der Waals surface area contributed by atoms with Crippen molar-refractivity contribution < 1.29 is 115 Å². The summed E-state index contributed by atoms with van der Waals surface area (Å²) in [6, 6.07) is 15.5. The highest BCUT2D eigenvalue weighted by Crippen LogP contribution is 2.35. The fraction of sp³-hybridized carbons (Fsp3) is 0.518. The van der Waals surface area contributed by atoms with Gasteiger partial charge in [-0.2, -0.15) is 0 Å². The normalized spacial score (nSPS) is 12.3. The first-order valence-electron chi connectivity index (χ1n) is 41.8. The number of amides is 8. The second-order valence-electron chi connectivity index (χ2n) is 29.3. The van der Waals surface area contributed by atoms with Crippen LogP contribution in [0, 0.1) is 30.5 Å². The van der Waals surface area contributed by atoms with Crippen molar-refractivity contribution in [3.05, 3.63) is 129 Å². The molecular weight excluding hydrogens is 1710 g/mol. The van der Waals surface area contributed by atoms with Crippen LogP contribution in [-0.4, -0.2) is 305 Å². The molecule has 0 saturated carbocycles. The zero-order valence-electron chi connectivity index (χ0n) is 72.7. The average molecular weight is 1830 g/mol. The number of para-hydroxylation sites is 1. The van der Waals surface area contributed by atoms with E-state index in [1.807, 2.05) is 56.3 Å². The molecule has 4 aromatic heterocycles. The summed E-state index contributed by atoms with van der Waals surface area (Å²) in [5.41, 5.74) is 8.82. The zero-order chi connectivity index (χ0) is 91.8. The number of nitrogens with two attached hydrogens (primary N) is 1. The molecular formula is C85H114FN17O23S2. The third kappa shape index (κ3) is 37.5. The molecule has 43 heteroatoms. The Kier molecular flexibility index (Phi) is 45.2. The number of urea groups is 1. The molecule has 1 aliphatic heterocycles. The predicted molar refractivity (Wildman–Crippen MR) is 468 cm³/mol. The Balaban J connectivity index is 0.809. The fourth-order valence-corrected chi connectivity index (χ4v) is 13.9. The maximum Gasteiger partial charge on any atom is 0.410 e. The van der Waals surface area contributed by atoms with E-state index in [0.717, 1.165) is 39.4 Å². The summed E-state index contributed by atoms with van der Waals surface area (Å²) in [7, 11) is 5.40. The highest BCUT2D eigenvalue weighted by molar-refractivity contribution is 7.22. The van der Waals surface area contributed by atoms with E-state index in [-0.39, 0.29) is 121 Å². The molecule has 2 atom stereocenters. The van der Waals surface area contributed by atoms with Crippen molar-refractivity contribution in [3.63, 3.8) is 0 Å². The van der Waals surface area contributed by atoms with Crippen LogP contribution in [0.3, 0.4) is 0 Å². The van der Waals surface area contributed by atoms with Gasteiger partial charge in [0.05, 0.1) is 181 Å². The van der Waals surface area contributed by atoms with Crippen molar-refractivity contribution >= 4 is 114 Å². The van der Waals surface area contributed by atoms with Crippen LogP contribution in [-0.2, 0) is 114 Å². The van der Waals surface area contributed by atoms with Gasteiger partial charge in [0, 0.05) is 54.8 Å². The van der Waals surface area contributed by atoms with Crippen LogP contribution in [0.5, 0.6) is 5.75 Å². The number of fused-ring (bicyclic) bond motifs is 1. The van der Waals surface area contributed by atoms with Crippen molar-refractivity contribution in [2.45, 2.75) is 104 Å². The maximum atomic E-state index is 15.7. The minimum absolute atomic E-state index is 0.00824. The summed E-state index contributed by atoms with van der Waals surface area (Å²) in [6.07, 6.45) is 4.51. The number of ether oxygens (including phenoxy) is 12. The summed E-state index contributed by atoms with van der Waals surface area (Å²) in [5.74, 6) is 0.629. The number of thiazole rings is 2. The molecule has 0 aliphatic carbocycles. The number of hydrogen-bond donors (Lipinski definition) is 8. The van der Waals surface area contributed by atoms with Crippen LogP contribution in [0.25, 0.3) is 10.2 Å². The molecule has 0 radical (unpaired) electrons. The van der Waals surface area contributed by atoms with Crippen molar-refractivity contribution in [2.75, 3.05) is 195 Å². The van der Waals surface area contributed by atoms with Crippen LogP contribution < -0.4 is 42.0 Å². The number of rotatable bonds is 64. The molecule has 0 bridgehead atoms. The molecule has 696 valence electrons. The Hall–Kier alpha value is -11.4. The van der Waals surface area contributed by atoms with Crippen molar-refractivity contribution in [3.8, 4) is 17.6 Å². The molecule has 8 rings (SSSR count). The quantitative estimate of drug-likeness (QED) is 0.0116. The van der Waals surface area contributed by atoms with Crippen LogP contribution in [0.2, 0.25) is 0 Å². The van der Waals surface area contributed by atoms with Gasteiger partial charge in [0.15, 0.2) is 39.2 Å². The lowest BCUT2D eigenvalue weighted by Gasteiger charge is -2.25. The standard InChI is InChI=1S/C85H114FN17O23S2/c1-58(2)76(92-72(104)24-33-115-36-31-103-73(105)22-23-74(103)106)80(110)90-67(15-9-26-88-82(87)113)79(109)89-63-20-19-61(62(53-63)55-124-57-64-54-101(98-95-64)30-35-117-38-40-119-42-44-121-46-48-123-50-49-122-47-45-120-43-41-118-39-37-116-34-25-75(107)108)56-126-85(114)100(6)28-10-13-60-18-21-68(65(86)52-60)125-32-11-17-70-77(81(111)112)93-84(128-70)102(29-12-27-99(4)5)71-51-59(3)78(97-96-71)94-83-91-66-14-7-8-16-69(66)127-83/h7-8,14,16,18-23,51-54,58,67,76H,9,11-12,15,17,24-50,55-57H2,1-6H3,(H,89,109)(H,90,110)(H,92,104)(H,107,108)(H,111,112)(H3,87,88,113)(H,91,94,97)/t67-,76-/m0/s1. The van der Waals surface area contributed by atoms with Crippen molar-refractivity contribution in [1.82, 2.24) is 65.8 Å². The maximum absolute atomic E-state index is 15.7.